The molecule has 0 N–H and O–H groups in total. The maximum absolute atomic E-state index is 14.7. The van der Waals surface area contributed by atoms with Crippen LogP contribution in [0.2, 0.25) is 0 Å². The van der Waals surface area contributed by atoms with E-state index >= 15 is 0 Å². The van der Waals surface area contributed by atoms with Crippen LogP contribution in [0.1, 0.15) is 50.4 Å². The molecule has 7 nitrogen and oxygen atoms in total. The van der Waals surface area contributed by atoms with Gasteiger partial charge in [0, 0.05) is 11.3 Å². The number of carbonyl (C=O) groups excluding carboxylic acids is 1. The fraction of sp³-hybridized carbons (Fsp3) is 0.186. The van der Waals surface area contributed by atoms with Crippen LogP contribution in [0.4, 0.5) is 0 Å². The summed E-state index contributed by atoms with van der Waals surface area (Å²) in [5.74, 6) is 0.217. The van der Waals surface area contributed by atoms with Gasteiger partial charge in [0.15, 0.2) is 4.80 Å². The standard InChI is InChI=1S/C43H39N3O4S/c1-6-49-35-23-19-32(20-24-35)40-38(42(48)50-27(2)3)29(5)44-43-46(40)41(47)37(51-43)26-33-25-36(30-13-9-7-10-14-30)45(34-21-17-28(4)18-22-34)39(33)31-15-11-8-12-16-31/h7-27,40H,6H2,1-5H3/b37-26+/t40-/m1/s1. The summed E-state index contributed by atoms with van der Waals surface area (Å²) in [5.41, 5.74) is 8.49. The van der Waals surface area contributed by atoms with Crippen molar-refractivity contribution in [2.75, 3.05) is 6.61 Å². The number of fused-ring (bicyclic) bond motifs is 1. The van der Waals surface area contributed by atoms with Gasteiger partial charge in [0.05, 0.1) is 45.9 Å². The van der Waals surface area contributed by atoms with E-state index in [1.165, 1.54) is 16.9 Å². The summed E-state index contributed by atoms with van der Waals surface area (Å²) in [5, 5.41) is 0. The van der Waals surface area contributed by atoms with E-state index in [1.54, 1.807) is 11.5 Å². The molecule has 51 heavy (non-hydrogen) atoms. The summed E-state index contributed by atoms with van der Waals surface area (Å²) in [7, 11) is 0. The number of thiazole rings is 1. The molecule has 1 atom stereocenters. The van der Waals surface area contributed by atoms with Crippen LogP contribution in [-0.4, -0.2) is 27.8 Å². The van der Waals surface area contributed by atoms with Crippen LogP contribution in [0.25, 0.3) is 34.3 Å². The molecule has 0 aliphatic carbocycles. The van der Waals surface area contributed by atoms with Crippen molar-refractivity contribution in [1.29, 1.82) is 0 Å². The van der Waals surface area contributed by atoms with Crippen LogP contribution in [0.5, 0.6) is 5.75 Å². The molecule has 4 aromatic carbocycles. The zero-order valence-electron chi connectivity index (χ0n) is 29.3. The largest absolute Gasteiger partial charge is 0.494 e. The van der Waals surface area contributed by atoms with Crippen molar-refractivity contribution in [3.05, 3.63) is 163 Å². The molecule has 2 aromatic heterocycles. The van der Waals surface area contributed by atoms with Gasteiger partial charge in [0.1, 0.15) is 5.75 Å². The lowest BCUT2D eigenvalue weighted by atomic mass is 9.96. The molecular weight excluding hydrogens is 655 g/mol. The summed E-state index contributed by atoms with van der Waals surface area (Å²) >= 11 is 1.32. The van der Waals surface area contributed by atoms with E-state index in [1.807, 2.05) is 87.5 Å². The summed E-state index contributed by atoms with van der Waals surface area (Å²) in [4.78, 5) is 33.6. The minimum absolute atomic E-state index is 0.233. The summed E-state index contributed by atoms with van der Waals surface area (Å²) in [6.45, 7) is 9.96. The number of allylic oxidation sites excluding steroid dienone is 1. The average molecular weight is 694 g/mol. The molecule has 0 saturated heterocycles. The zero-order chi connectivity index (χ0) is 35.6. The third-order valence-corrected chi connectivity index (χ3v) is 9.80. The first-order chi connectivity index (χ1) is 24.7. The minimum atomic E-state index is -0.726. The maximum atomic E-state index is 14.7. The Morgan fingerprint density at radius 2 is 1.53 bits per heavy atom. The Hall–Kier alpha value is -5.73. The van der Waals surface area contributed by atoms with E-state index in [-0.39, 0.29) is 11.7 Å². The molecule has 8 heteroatoms. The molecule has 0 bridgehead atoms. The maximum Gasteiger partial charge on any atom is 0.338 e. The second-order valence-corrected chi connectivity index (χ2v) is 13.8. The summed E-state index contributed by atoms with van der Waals surface area (Å²) in [6, 6.07) is 37.9. The molecule has 1 aliphatic rings. The van der Waals surface area contributed by atoms with Crippen LogP contribution in [0.15, 0.2) is 136 Å². The van der Waals surface area contributed by atoms with Crippen LogP contribution in [0.3, 0.4) is 0 Å². The number of carbonyl (C=O) groups is 1. The SMILES string of the molecule is CCOc1ccc([C@@H]2C(C(=O)OC(C)C)=C(C)N=c3s/c(=C/c4cc(-c5ccccc5)n(-c5ccc(C)cc5)c4-c4ccccc4)c(=O)n32)cc1. The van der Waals surface area contributed by atoms with Crippen molar-refractivity contribution in [3.8, 4) is 34.0 Å². The normalized spacial score (nSPS) is 14.4. The quantitative estimate of drug-likeness (QED) is 0.144. The van der Waals surface area contributed by atoms with E-state index in [2.05, 4.69) is 66.1 Å². The Morgan fingerprint density at radius 3 is 2.16 bits per heavy atom. The summed E-state index contributed by atoms with van der Waals surface area (Å²) < 4.78 is 15.8. The first-order valence-corrected chi connectivity index (χ1v) is 17.9. The Balaban J connectivity index is 1.48. The molecule has 0 radical (unpaired) electrons. The van der Waals surface area contributed by atoms with E-state index < -0.39 is 12.0 Å². The molecule has 256 valence electrons. The smallest absolute Gasteiger partial charge is 0.338 e. The Labute approximate surface area is 301 Å². The van der Waals surface area contributed by atoms with Gasteiger partial charge >= 0.3 is 5.97 Å². The number of hydrogen-bond donors (Lipinski definition) is 0. The van der Waals surface area contributed by atoms with Crippen LogP contribution >= 0.6 is 11.3 Å². The first-order valence-electron chi connectivity index (χ1n) is 17.1. The molecule has 3 heterocycles. The highest BCUT2D eigenvalue weighted by Crippen LogP contribution is 2.37. The van der Waals surface area contributed by atoms with Gasteiger partial charge in [-0.25, -0.2) is 9.79 Å². The van der Waals surface area contributed by atoms with E-state index in [0.717, 1.165) is 39.3 Å². The molecule has 0 amide bonds. The van der Waals surface area contributed by atoms with Gasteiger partial charge in [-0.2, -0.15) is 0 Å². The third-order valence-electron chi connectivity index (χ3n) is 8.82. The van der Waals surface area contributed by atoms with Crippen molar-refractivity contribution >= 4 is 23.4 Å². The van der Waals surface area contributed by atoms with Crippen molar-refractivity contribution in [2.45, 2.75) is 46.8 Å². The fourth-order valence-corrected chi connectivity index (χ4v) is 7.58. The van der Waals surface area contributed by atoms with Crippen molar-refractivity contribution in [3.63, 3.8) is 0 Å². The van der Waals surface area contributed by atoms with Gasteiger partial charge in [-0.1, -0.05) is 102 Å². The van der Waals surface area contributed by atoms with Gasteiger partial charge in [-0.3, -0.25) is 9.36 Å². The van der Waals surface area contributed by atoms with Gasteiger partial charge in [0.25, 0.3) is 5.56 Å². The zero-order valence-corrected chi connectivity index (χ0v) is 30.1. The average Bonchev–Trinajstić information content (AvgIpc) is 3.65. The van der Waals surface area contributed by atoms with Crippen LogP contribution in [0, 0.1) is 6.92 Å². The van der Waals surface area contributed by atoms with Gasteiger partial charge in [-0.15, -0.1) is 0 Å². The van der Waals surface area contributed by atoms with Crippen molar-refractivity contribution in [2.24, 2.45) is 4.99 Å². The second-order valence-electron chi connectivity index (χ2n) is 12.8. The Bertz CT molecular complexity index is 2420. The Morgan fingerprint density at radius 1 is 0.882 bits per heavy atom. The van der Waals surface area contributed by atoms with E-state index in [0.29, 0.717) is 33.0 Å². The molecule has 0 unspecified atom stereocenters. The second kappa shape index (κ2) is 14.2. The van der Waals surface area contributed by atoms with Gasteiger partial charge in [-0.05, 0) is 87.7 Å². The molecule has 0 fully saturated rings. The Kier molecular flexibility index (Phi) is 9.43. The monoisotopic (exact) mass is 693 g/mol. The van der Waals surface area contributed by atoms with Crippen LogP contribution in [-0.2, 0) is 9.53 Å². The lowest BCUT2D eigenvalue weighted by molar-refractivity contribution is -0.143. The van der Waals surface area contributed by atoms with Crippen LogP contribution < -0.4 is 19.6 Å². The van der Waals surface area contributed by atoms with Gasteiger partial charge < -0.3 is 14.0 Å². The van der Waals surface area contributed by atoms with Crippen molar-refractivity contribution < 1.29 is 14.3 Å². The number of nitrogens with zero attached hydrogens (tertiary/aromatic N) is 3. The predicted octanol–water partition coefficient (Wildman–Crippen LogP) is 8.02. The lowest BCUT2D eigenvalue weighted by Crippen LogP contribution is -2.40. The molecular formula is C43H39N3O4S. The highest BCUT2D eigenvalue weighted by atomic mass is 32.1. The van der Waals surface area contributed by atoms with E-state index in [4.69, 9.17) is 14.5 Å². The fourth-order valence-electron chi connectivity index (χ4n) is 6.54. The number of benzene rings is 4. The topological polar surface area (TPSA) is 74.8 Å². The molecule has 1 aliphatic heterocycles. The van der Waals surface area contributed by atoms with E-state index in [9.17, 15) is 9.59 Å². The molecule has 6 aromatic rings. The highest BCUT2D eigenvalue weighted by Gasteiger charge is 2.34. The third kappa shape index (κ3) is 6.62. The van der Waals surface area contributed by atoms with Crippen molar-refractivity contribution in [1.82, 2.24) is 9.13 Å². The number of esters is 1. The lowest BCUT2D eigenvalue weighted by Gasteiger charge is -2.25. The summed E-state index contributed by atoms with van der Waals surface area (Å²) in [6.07, 6.45) is 1.63. The number of hydrogen-bond acceptors (Lipinski definition) is 6. The molecule has 7 rings (SSSR count). The van der Waals surface area contributed by atoms with Gasteiger partial charge in [0.2, 0.25) is 0 Å². The molecule has 0 saturated carbocycles. The highest BCUT2D eigenvalue weighted by molar-refractivity contribution is 7.07. The number of aryl methyl sites for hydroxylation is 1. The number of aromatic nitrogens is 2. The predicted molar refractivity (Wildman–Crippen MR) is 204 cm³/mol. The minimum Gasteiger partial charge on any atom is -0.494 e. The molecule has 0 spiro atoms. The number of ether oxygens (including phenoxy) is 2. The number of rotatable bonds is 9. The first kappa shape index (κ1) is 33.8.